The highest BCUT2D eigenvalue weighted by Crippen LogP contribution is 1.97. The Bertz CT molecular complexity index is 130. The Morgan fingerprint density at radius 3 is 2.23 bits per heavy atom. The molecule has 1 fully saturated rings. The minimum Gasteiger partial charge on any atom is -0.308 e. The second-order valence-electron chi connectivity index (χ2n) is 3.86. The van der Waals surface area contributed by atoms with Crippen LogP contribution in [-0.4, -0.2) is 75.2 Å². The van der Waals surface area contributed by atoms with Gasteiger partial charge in [-0.05, 0) is 21.1 Å². The van der Waals surface area contributed by atoms with E-state index in [1.807, 2.05) is 7.05 Å². The largest absolute Gasteiger partial charge is 0.308 e. The van der Waals surface area contributed by atoms with E-state index in [9.17, 15) is 0 Å². The molecule has 0 unspecified atom stereocenters. The summed E-state index contributed by atoms with van der Waals surface area (Å²) in [5.74, 6) is 0. The van der Waals surface area contributed by atoms with Gasteiger partial charge >= 0.3 is 0 Å². The van der Waals surface area contributed by atoms with Gasteiger partial charge in [0.15, 0.2) is 0 Å². The number of hydrazine groups is 1. The van der Waals surface area contributed by atoms with Gasteiger partial charge in [0.05, 0.1) is 0 Å². The minimum atomic E-state index is 1.14. The van der Waals surface area contributed by atoms with Crippen molar-refractivity contribution < 1.29 is 0 Å². The van der Waals surface area contributed by atoms with Gasteiger partial charge in [0.25, 0.3) is 0 Å². The molecule has 0 radical (unpaired) electrons. The van der Waals surface area contributed by atoms with Gasteiger partial charge in [0, 0.05) is 39.3 Å². The third-order valence-corrected chi connectivity index (χ3v) is 2.55. The molecule has 0 bridgehead atoms. The monoisotopic (exact) mass is 186 g/mol. The fourth-order valence-corrected chi connectivity index (χ4v) is 1.54. The van der Waals surface area contributed by atoms with E-state index in [0.717, 1.165) is 13.1 Å². The lowest BCUT2D eigenvalue weighted by atomic mass is 10.3. The molecule has 78 valence electrons. The molecule has 0 aromatic heterocycles. The highest BCUT2D eigenvalue weighted by Gasteiger charge is 2.14. The van der Waals surface area contributed by atoms with Crippen LogP contribution in [-0.2, 0) is 0 Å². The summed E-state index contributed by atoms with van der Waals surface area (Å²) in [5, 5.41) is 2.27. The third kappa shape index (κ3) is 4.04. The van der Waals surface area contributed by atoms with Crippen LogP contribution < -0.4 is 5.43 Å². The molecule has 4 nitrogen and oxygen atoms in total. The van der Waals surface area contributed by atoms with Crippen LogP contribution >= 0.6 is 0 Å². The van der Waals surface area contributed by atoms with E-state index in [1.165, 1.54) is 26.2 Å². The summed E-state index contributed by atoms with van der Waals surface area (Å²) in [6.45, 7) is 7.03. The molecular weight excluding hydrogens is 164 g/mol. The molecule has 1 aliphatic rings. The summed E-state index contributed by atoms with van der Waals surface area (Å²) in [5.41, 5.74) is 3.19. The highest BCUT2D eigenvalue weighted by molar-refractivity contribution is 4.69. The van der Waals surface area contributed by atoms with Crippen molar-refractivity contribution in [2.75, 3.05) is 60.4 Å². The van der Waals surface area contributed by atoms with Crippen molar-refractivity contribution in [2.45, 2.75) is 0 Å². The van der Waals surface area contributed by atoms with Gasteiger partial charge < -0.3 is 4.90 Å². The Balaban J connectivity index is 2.10. The van der Waals surface area contributed by atoms with Gasteiger partial charge in [-0.3, -0.25) is 10.3 Å². The SMILES string of the molecule is CNN1CCN(CCN(C)C)CC1. The molecule has 0 spiro atoms. The molecule has 0 atom stereocenters. The van der Waals surface area contributed by atoms with Gasteiger partial charge in [0.1, 0.15) is 0 Å². The Labute approximate surface area is 81.5 Å². The quantitative estimate of drug-likeness (QED) is 0.627. The van der Waals surface area contributed by atoms with Crippen LogP contribution in [0.3, 0.4) is 0 Å². The topological polar surface area (TPSA) is 21.8 Å². The maximum absolute atomic E-state index is 3.19. The number of hydrogen-bond acceptors (Lipinski definition) is 4. The van der Waals surface area contributed by atoms with Crippen LogP contribution in [0.5, 0.6) is 0 Å². The molecule has 0 amide bonds. The van der Waals surface area contributed by atoms with E-state index in [4.69, 9.17) is 0 Å². The zero-order chi connectivity index (χ0) is 9.68. The predicted molar refractivity (Wildman–Crippen MR) is 55.6 cm³/mol. The summed E-state index contributed by atoms with van der Waals surface area (Å²) in [6.07, 6.45) is 0. The second-order valence-corrected chi connectivity index (χ2v) is 3.86. The predicted octanol–water partition coefficient (Wildman–Crippen LogP) is -0.700. The summed E-state index contributed by atoms with van der Waals surface area (Å²) in [7, 11) is 6.25. The van der Waals surface area contributed by atoms with Gasteiger partial charge in [-0.25, -0.2) is 5.01 Å². The zero-order valence-electron chi connectivity index (χ0n) is 9.08. The molecule has 0 aliphatic carbocycles. The third-order valence-electron chi connectivity index (χ3n) is 2.55. The molecule has 0 aromatic carbocycles. The first-order chi connectivity index (χ1) is 6.22. The van der Waals surface area contributed by atoms with Crippen molar-refractivity contribution in [3.8, 4) is 0 Å². The number of likely N-dealkylation sites (N-methyl/N-ethyl adjacent to an activating group) is 1. The molecule has 1 rings (SSSR count). The molecule has 1 heterocycles. The first-order valence-electron chi connectivity index (χ1n) is 5.02. The van der Waals surface area contributed by atoms with Crippen LogP contribution in [0.1, 0.15) is 0 Å². The van der Waals surface area contributed by atoms with Crippen LogP contribution in [0.15, 0.2) is 0 Å². The van der Waals surface area contributed by atoms with Crippen LogP contribution in [0.4, 0.5) is 0 Å². The minimum absolute atomic E-state index is 1.14. The van der Waals surface area contributed by atoms with Gasteiger partial charge in [-0.2, -0.15) is 0 Å². The van der Waals surface area contributed by atoms with Gasteiger partial charge in [-0.15, -0.1) is 0 Å². The number of nitrogens with zero attached hydrogens (tertiary/aromatic N) is 3. The Kier molecular flexibility index (Phi) is 4.66. The van der Waals surface area contributed by atoms with Gasteiger partial charge in [-0.1, -0.05) is 0 Å². The molecule has 4 heteroatoms. The zero-order valence-corrected chi connectivity index (χ0v) is 9.08. The molecule has 13 heavy (non-hydrogen) atoms. The fraction of sp³-hybridized carbons (Fsp3) is 1.00. The van der Waals surface area contributed by atoms with Crippen molar-refractivity contribution in [3.63, 3.8) is 0 Å². The van der Waals surface area contributed by atoms with Crippen molar-refractivity contribution >= 4 is 0 Å². The number of piperazine rings is 1. The lowest BCUT2D eigenvalue weighted by Gasteiger charge is -2.34. The number of rotatable bonds is 4. The van der Waals surface area contributed by atoms with Crippen LogP contribution in [0, 0.1) is 0 Å². The van der Waals surface area contributed by atoms with E-state index >= 15 is 0 Å². The van der Waals surface area contributed by atoms with Crippen LogP contribution in [0.25, 0.3) is 0 Å². The molecular formula is C9H22N4. The first-order valence-corrected chi connectivity index (χ1v) is 5.02. The smallest absolute Gasteiger partial charge is 0.0259 e. The number of nitrogens with one attached hydrogen (secondary N) is 1. The summed E-state index contributed by atoms with van der Waals surface area (Å²) in [6, 6.07) is 0. The Morgan fingerprint density at radius 1 is 1.15 bits per heavy atom. The van der Waals surface area contributed by atoms with E-state index < -0.39 is 0 Å². The van der Waals surface area contributed by atoms with E-state index in [1.54, 1.807) is 0 Å². The normalized spacial score (nSPS) is 21.2. The standard InChI is InChI=1S/C9H22N4/c1-10-13-8-6-12(7-9-13)5-4-11(2)3/h10H,4-9H2,1-3H3. The van der Waals surface area contributed by atoms with E-state index in [2.05, 4.69) is 34.3 Å². The molecule has 0 saturated carbocycles. The maximum Gasteiger partial charge on any atom is 0.0259 e. The van der Waals surface area contributed by atoms with Gasteiger partial charge in [0.2, 0.25) is 0 Å². The molecule has 1 saturated heterocycles. The van der Waals surface area contributed by atoms with Crippen molar-refractivity contribution in [1.29, 1.82) is 0 Å². The molecule has 1 aliphatic heterocycles. The highest BCUT2D eigenvalue weighted by atomic mass is 15.5. The van der Waals surface area contributed by atoms with Crippen molar-refractivity contribution in [1.82, 2.24) is 20.2 Å². The fourth-order valence-electron chi connectivity index (χ4n) is 1.54. The first kappa shape index (κ1) is 10.9. The lowest BCUT2D eigenvalue weighted by Crippen LogP contribution is -2.51. The van der Waals surface area contributed by atoms with E-state index in [0.29, 0.717) is 0 Å². The second kappa shape index (κ2) is 5.54. The maximum atomic E-state index is 3.19. The van der Waals surface area contributed by atoms with E-state index in [-0.39, 0.29) is 0 Å². The van der Waals surface area contributed by atoms with Crippen molar-refractivity contribution in [3.05, 3.63) is 0 Å². The number of hydrogen-bond donors (Lipinski definition) is 1. The summed E-state index contributed by atoms with van der Waals surface area (Å²) < 4.78 is 0. The molecule has 0 aromatic rings. The molecule has 1 N–H and O–H groups in total. The summed E-state index contributed by atoms with van der Waals surface area (Å²) >= 11 is 0. The Morgan fingerprint density at radius 2 is 1.77 bits per heavy atom. The summed E-state index contributed by atoms with van der Waals surface area (Å²) in [4.78, 5) is 4.76. The van der Waals surface area contributed by atoms with Crippen LogP contribution in [0.2, 0.25) is 0 Å². The lowest BCUT2D eigenvalue weighted by molar-refractivity contribution is 0.0945. The Hall–Kier alpha value is -0.160. The van der Waals surface area contributed by atoms with Crippen molar-refractivity contribution in [2.24, 2.45) is 0 Å². The average molecular weight is 186 g/mol. The average Bonchev–Trinajstić information content (AvgIpc) is 2.15.